The average molecular weight is 408 g/mol. The van der Waals surface area contributed by atoms with E-state index in [-0.39, 0.29) is 12.5 Å². The van der Waals surface area contributed by atoms with Crippen LogP contribution in [0.25, 0.3) is 0 Å². The maximum absolute atomic E-state index is 12.5. The van der Waals surface area contributed by atoms with Crippen molar-refractivity contribution in [3.63, 3.8) is 0 Å². The number of hydrogen-bond donors (Lipinski definition) is 0. The van der Waals surface area contributed by atoms with E-state index in [0.717, 1.165) is 23.3 Å². The van der Waals surface area contributed by atoms with Gasteiger partial charge in [-0.15, -0.1) is 0 Å². The minimum Gasteiger partial charge on any atom is -0.490 e. The number of benzene rings is 2. The zero-order chi connectivity index (χ0) is 20.4. The smallest absolute Gasteiger partial charge is 0.414 e. The van der Waals surface area contributed by atoms with Crippen LogP contribution in [-0.4, -0.2) is 31.6 Å². The predicted molar refractivity (Wildman–Crippen MR) is 100 cm³/mol. The summed E-state index contributed by atoms with van der Waals surface area (Å²) in [6.45, 7) is 2.81. The second-order valence-corrected chi connectivity index (χ2v) is 7.40. The van der Waals surface area contributed by atoms with Crippen molar-refractivity contribution in [2.45, 2.75) is 50.4 Å². The standard InChI is InChI=1S/C22H23F3O4/c1-14-12-19(28-14)15-2-6-17(7-3-15)26-10-11-27-18-8-4-16(5-9-18)20-13-21(29-20)22(23,24)25/h2-9,14,19-21H,10-13H2,1H3. The number of rotatable bonds is 7. The summed E-state index contributed by atoms with van der Waals surface area (Å²) in [5.74, 6) is 1.40. The van der Waals surface area contributed by atoms with Crippen molar-refractivity contribution >= 4 is 0 Å². The Morgan fingerprint density at radius 3 is 1.59 bits per heavy atom. The highest BCUT2D eigenvalue weighted by Gasteiger charge is 2.49. The molecule has 2 saturated heterocycles. The quantitative estimate of drug-likeness (QED) is 0.576. The highest BCUT2D eigenvalue weighted by Crippen LogP contribution is 2.43. The minimum absolute atomic E-state index is 0.0395. The molecule has 2 aliphatic rings. The number of ether oxygens (including phenoxy) is 4. The van der Waals surface area contributed by atoms with Crippen LogP contribution in [0.1, 0.15) is 43.1 Å². The molecule has 0 spiro atoms. The van der Waals surface area contributed by atoms with E-state index in [1.54, 1.807) is 24.3 Å². The Kier molecular flexibility index (Phi) is 5.69. The van der Waals surface area contributed by atoms with Crippen molar-refractivity contribution in [2.75, 3.05) is 13.2 Å². The molecular formula is C22H23F3O4. The Morgan fingerprint density at radius 1 is 0.793 bits per heavy atom. The average Bonchev–Trinajstić information content (AvgIpc) is 2.62. The third-order valence-electron chi connectivity index (χ3n) is 5.19. The van der Waals surface area contributed by atoms with Crippen LogP contribution in [0, 0.1) is 0 Å². The highest BCUT2D eigenvalue weighted by molar-refractivity contribution is 5.30. The van der Waals surface area contributed by atoms with Crippen LogP contribution in [0.4, 0.5) is 13.2 Å². The molecule has 2 heterocycles. The summed E-state index contributed by atoms with van der Waals surface area (Å²) in [7, 11) is 0. The first kappa shape index (κ1) is 20.0. The molecule has 2 aliphatic heterocycles. The minimum atomic E-state index is -4.29. The Bertz CT molecular complexity index is 792. The summed E-state index contributed by atoms with van der Waals surface area (Å²) in [5.41, 5.74) is 1.88. The maximum atomic E-state index is 12.5. The molecule has 4 unspecified atom stereocenters. The monoisotopic (exact) mass is 408 g/mol. The Hall–Kier alpha value is -2.25. The van der Waals surface area contributed by atoms with E-state index in [0.29, 0.717) is 25.1 Å². The van der Waals surface area contributed by atoms with E-state index in [9.17, 15) is 13.2 Å². The Balaban J connectivity index is 1.16. The van der Waals surface area contributed by atoms with Gasteiger partial charge in [0.2, 0.25) is 0 Å². The van der Waals surface area contributed by atoms with Gasteiger partial charge in [-0.2, -0.15) is 13.2 Å². The summed E-state index contributed by atoms with van der Waals surface area (Å²) in [5, 5.41) is 0. The van der Waals surface area contributed by atoms with Crippen molar-refractivity contribution < 1.29 is 32.1 Å². The second kappa shape index (κ2) is 8.24. The third kappa shape index (κ3) is 4.85. The summed E-state index contributed by atoms with van der Waals surface area (Å²) in [4.78, 5) is 0. The van der Waals surface area contributed by atoms with Gasteiger partial charge in [-0.05, 0) is 42.3 Å². The van der Waals surface area contributed by atoms with Gasteiger partial charge < -0.3 is 18.9 Å². The van der Waals surface area contributed by atoms with Gasteiger partial charge in [-0.1, -0.05) is 24.3 Å². The number of alkyl halides is 3. The summed E-state index contributed by atoms with van der Waals surface area (Å²) < 4.78 is 59.3. The molecule has 2 aromatic rings. The molecule has 4 rings (SSSR count). The topological polar surface area (TPSA) is 36.9 Å². The van der Waals surface area contributed by atoms with Crippen LogP contribution in [0.15, 0.2) is 48.5 Å². The van der Waals surface area contributed by atoms with E-state index in [1.807, 2.05) is 24.3 Å². The van der Waals surface area contributed by atoms with Crippen molar-refractivity contribution in [2.24, 2.45) is 0 Å². The molecule has 0 bridgehead atoms. The van der Waals surface area contributed by atoms with Crippen LogP contribution in [-0.2, 0) is 9.47 Å². The lowest BCUT2D eigenvalue weighted by molar-refractivity contribution is -0.288. The summed E-state index contributed by atoms with van der Waals surface area (Å²) >= 11 is 0. The van der Waals surface area contributed by atoms with Gasteiger partial charge in [-0.3, -0.25) is 0 Å². The van der Waals surface area contributed by atoms with Crippen molar-refractivity contribution in [1.82, 2.24) is 0 Å². The van der Waals surface area contributed by atoms with Gasteiger partial charge in [0.1, 0.15) is 24.7 Å². The summed E-state index contributed by atoms with van der Waals surface area (Å²) in [6.07, 6.45) is -4.92. The zero-order valence-corrected chi connectivity index (χ0v) is 16.0. The van der Waals surface area contributed by atoms with Crippen LogP contribution >= 0.6 is 0 Å². The zero-order valence-electron chi connectivity index (χ0n) is 16.0. The molecule has 0 N–H and O–H groups in total. The van der Waals surface area contributed by atoms with Crippen molar-refractivity contribution in [1.29, 1.82) is 0 Å². The van der Waals surface area contributed by atoms with E-state index in [1.165, 1.54) is 0 Å². The number of hydrogen-bond acceptors (Lipinski definition) is 4. The molecule has 0 amide bonds. The van der Waals surface area contributed by atoms with Crippen LogP contribution in [0.5, 0.6) is 11.5 Å². The lowest BCUT2D eigenvalue weighted by Crippen LogP contribution is -2.42. The maximum Gasteiger partial charge on any atom is 0.414 e. The van der Waals surface area contributed by atoms with E-state index in [4.69, 9.17) is 18.9 Å². The predicted octanol–water partition coefficient (Wildman–Crippen LogP) is 5.39. The first-order valence-electron chi connectivity index (χ1n) is 9.71. The molecule has 4 atom stereocenters. The SMILES string of the molecule is CC1CC(c2ccc(OCCOc3ccc(C4CC(C(F)(F)F)O4)cc3)cc2)O1. The lowest BCUT2D eigenvalue weighted by atomic mass is 9.97. The van der Waals surface area contributed by atoms with Gasteiger partial charge in [0.25, 0.3) is 0 Å². The molecule has 4 nitrogen and oxygen atoms in total. The lowest BCUT2D eigenvalue weighted by Gasteiger charge is -2.37. The van der Waals surface area contributed by atoms with Gasteiger partial charge in [0.05, 0.1) is 18.3 Å². The fraction of sp³-hybridized carbons (Fsp3) is 0.455. The molecule has 0 saturated carbocycles. The van der Waals surface area contributed by atoms with Gasteiger partial charge >= 0.3 is 6.18 Å². The van der Waals surface area contributed by atoms with Crippen molar-refractivity contribution in [3.8, 4) is 11.5 Å². The van der Waals surface area contributed by atoms with E-state index < -0.39 is 18.4 Å². The van der Waals surface area contributed by atoms with Crippen molar-refractivity contribution in [3.05, 3.63) is 59.7 Å². The van der Waals surface area contributed by atoms with Gasteiger partial charge in [0, 0.05) is 12.8 Å². The normalized spacial score (nSPS) is 26.3. The van der Waals surface area contributed by atoms with E-state index >= 15 is 0 Å². The largest absolute Gasteiger partial charge is 0.490 e. The summed E-state index contributed by atoms with van der Waals surface area (Å²) in [6, 6.07) is 14.8. The first-order chi connectivity index (χ1) is 13.9. The molecule has 29 heavy (non-hydrogen) atoms. The van der Waals surface area contributed by atoms with E-state index in [2.05, 4.69) is 6.92 Å². The molecule has 0 aliphatic carbocycles. The second-order valence-electron chi connectivity index (χ2n) is 7.40. The molecular weight excluding hydrogens is 385 g/mol. The van der Waals surface area contributed by atoms with Crippen LogP contribution in [0.3, 0.4) is 0 Å². The van der Waals surface area contributed by atoms with Gasteiger partial charge in [-0.25, -0.2) is 0 Å². The molecule has 2 fully saturated rings. The Morgan fingerprint density at radius 2 is 1.21 bits per heavy atom. The molecule has 2 aromatic carbocycles. The third-order valence-corrected chi connectivity index (χ3v) is 5.19. The van der Waals surface area contributed by atoms with Gasteiger partial charge in [0.15, 0.2) is 6.10 Å². The molecule has 7 heteroatoms. The van der Waals surface area contributed by atoms with Crippen LogP contribution < -0.4 is 9.47 Å². The fourth-order valence-corrected chi connectivity index (χ4v) is 3.47. The molecule has 156 valence electrons. The Labute approximate surface area is 167 Å². The molecule has 0 radical (unpaired) electrons. The van der Waals surface area contributed by atoms with Crippen LogP contribution in [0.2, 0.25) is 0 Å². The molecule has 0 aromatic heterocycles. The first-order valence-corrected chi connectivity index (χ1v) is 9.71. The number of halogens is 3. The fourth-order valence-electron chi connectivity index (χ4n) is 3.47. The highest BCUT2D eigenvalue weighted by atomic mass is 19.4.